The van der Waals surface area contributed by atoms with Crippen molar-refractivity contribution in [2.45, 2.75) is 62.6 Å². The number of amides is 2. The van der Waals surface area contributed by atoms with Crippen LogP contribution in [0.3, 0.4) is 0 Å². The average Bonchev–Trinajstić information content (AvgIpc) is 3.01. The van der Waals surface area contributed by atoms with Crippen molar-refractivity contribution in [1.82, 2.24) is 14.2 Å². The summed E-state index contributed by atoms with van der Waals surface area (Å²) in [6.45, 7) is 5.22. The number of hydrogen-bond acceptors (Lipinski definition) is 6. The second kappa shape index (κ2) is 14.9. The number of sulfonamides is 1. The summed E-state index contributed by atoms with van der Waals surface area (Å²) in [4.78, 5) is 33.6. The predicted molar refractivity (Wildman–Crippen MR) is 171 cm³/mol. The van der Waals surface area contributed by atoms with Crippen LogP contribution < -0.4 is 5.32 Å². The summed E-state index contributed by atoms with van der Waals surface area (Å²) < 4.78 is 44.1. The molecule has 2 N–H and O–H groups in total. The lowest BCUT2D eigenvalue weighted by Gasteiger charge is -2.43. The van der Waals surface area contributed by atoms with Crippen molar-refractivity contribution >= 4 is 39.3 Å². The van der Waals surface area contributed by atoms with Gasteiger partial charge in [0, 0.05) is 46.6 Å². The zero-order valence-electron chi connectivity index (χ0n) is 25.5. The van der Waals surface area contributed by atoms with Crippen LogP contribution >= 0.6 is 11.6 Å². The molecule has 1 saturated heterocycles. The highest BCUT2D eigenvalue weighted by atomic mass is 35.5. The van der Waals surface area contributed by atoms with Gasteiger partial charge in [-0.1, -0.05) is 60.9 Å². The predicted octanol–water partition coefficient (Wildman–Crippen LogP) is 6.31. The summed E-state index contributed by atoms with van der Waals surface area (Å²) in [5, 5.41) is 16.7. The van der Waals surface area contributed by atoms with Gasteiger partial charge in [0.25, 0.3) is 0 Å². The van der Waals surface area contributed by atoms with Gasteiger partial charge in [0.1, 0.15) is 11.9 Å². The van der Waals surface area contributed by atoms with E-state index in [0.29, 0.717) is 5.02 Å². The van der Waals surface area contributed by atoms with Gasteiger partial charge < -0.3 is 15.3 Å². The number of benzene rings is 2. The van der Waals surface area contributed by atoms with E-state index in [9.17, 15) is 28.6 Å². The van der Waals surface area contributed by atoms with Gasteiger partial charge in [-0.3, -0.25) is 9.78 Å². The Morgan fingerprint density at radius 1 is 1.15 bits per heavy atom. The summed E-state index contributed by atoms with van der Waals surface area (Å²) in [5.41, 5.74) is 10.1. The molecular weight excluding hydrogens is 637 g/mol. The van der Waals surface area contributed by atoms with Crippen molar-refractivity contribution < 1.29 is 27.5 Å². The number of rotatable bonds is 11. The molecule has 12 nitrogen and oxygen atoms in total. The standard InChI is InChI=1S/C31H35ClFN7O5S/c1-19(2)28(21-9-11-22(32)12-10-21)29(37-38-34)30(41)36-27-16-35-15-26(33)25(27)14-13-23-18-39(31(42)43)17-20(3)40(23)46(44,45)24-7-5-4-6-8-24/h4-12,15-16,19-20,23,28-29H,13-14,17-18H2,1-3H3,(H,36,41)(H,42,43)/t20?,23?,28-,29+/m1/s1. The summed E-state index contributed by atoms with van der Waals surface area (Å²) in [6, 6.07) is 11.9. The van der Waals surface area contributed by atoms with E-state index in [1.807, 2.05) is 13.8 Å². The maximum Gasteiger partial charge on any atom is 0.407 e. The van der Waals surface area contributed by atoms with Crippen LogP contribution in [0.4, 0.5) is 14.9 Å². The van der Waals surface area contributed by atoms with Crippen LogP contribution in [0.25, 0.3) is 10.4 Å². The van der Waals surface area contributed by atoms with E-state index in [-0.39, 0.29) is 48.0 Å². The Hall–Kier alpha value is -4.23. The van der Waals surface area contributed by atoms with Crippen LogP contribution in [-0.2, 0) is 21.2 Å². The number of hydrogen-bond donors (Lipinski definition) is 2. The third-order valence-electron chi connectivity index (χ3n) is 8.05. The van der Waals surface area contributed by atoms with Crippen LogP contribution in [0.5, 0.6) is 0 Å². The fourth-order valence-electron chi connectivity index (χ4n) is 5.99. The molecule has 4 atom stereocenters. The van der Waals surface area contributed by atoms with Crippen molar-refractivity contribution in [3.63, 3.8) is 0 Å². The van der Waals surface area contributed by atoms with Crippen LogP contribution in [0, 0.1) is 11.7 Å². The molecule has 244 valence electrons. The van der Waals surface area contributed by atoms with Crippen molar-refractivity contribution in [1.29, 1.82) is 0 Å². The van der Waals surface area contributed by atoms with E-state index in [1.54, 1.807) is 49.4 Å². The van der Waals surface area contributed by atoms with Crippen LogP contribution in [0.15, 0.2) is 77.0 Å². The lowest BCUT2D eigenvalue weighted by atomic mass is 9.82. The Bertz CT molecular complexity index is 1710. The molecule has 0 aliphatic carbocycles. The Labute approximate surface area is 271 Å². The first-order valence-electron chi connectivity index (χ1n) is 14.6. The number of anilines is 1. The minimum absolute atomic E-state index is 0.0261. The Morgan fingerprint density at radius 3 is 2.43 bits per heavy atom. The van der Waals surface area contributed by atoms with Gasteiger partial charge in [-0.25, -0.2) is 17.6 Å². The number of carboxylic acid groups (broad SMARTS) is 1. The molecule has 2 heterocycles. The van der Waals surface area contributed by atoms with E-state index in [2.05, 4.69) is 20.3 Å². The second-order valence-corrected chi connectivity index (χ2v) is 13.8. The maximum atomic E-state index is 15.3. The molecule has 1 aliphatic rings. The first-order valence-corrected chi connectivity index (χ1v) is 16.5. The van der Waals surface area contributed by atoms with Gasteiger partial charge in [-0.2, -0.15) is 4.31 Å². The molecule has 15 heteroatoms. The van der Waals surface area contributed by atoms with Crippen LogP contribution in [0.1, 0.15) is 44.2 Å². The number of carbonyl (C=O) groups excluding carboxylic acids is 1. The molecule has 0 saturated carbocycles. The molecule has 4 rings (SSSR count). The highest BCUT2D eigenvalue weighted by Crippen LogP contribution is 2.33. The number of pyridine rings is 1. The normalized spacial score (nSPS) is 18.4. The molecule has 2 unspecified atom stereocenters. The van der Waals surface area contributed by atoms with E-state index in [0.717, 1.165) is 16.7 Å². The van der Waals surface area contributed by atoms with Gasteiger partial charge in [0.2, 0.25) is 15.9 Å². The average molecular weight is 672 g/mol. The third kappa shape index (κ3) is 7.76. The summed E-state index contributed by atoms with van der Waals surface area (Å²) >= 11 is 6.05. The second-order valence-electron chi connectivity index (χ2n) is 11.5. The Balaban J connectivity index is 1.64. The molecule has 46 heavy (non-hydrogen) atoms. The van der Waals surface area contributed by atoms with Crippen LogP contribution in [-0.4, -0.2) is 70.9 Å². The first-order chi connectivity index (χ1) is 21.8. The molecule has 1 fully saturated rings. The smallest absolute Gasteiger partial charge is 0.407 e. The quantitative estimate of drug-likeness (QED) is 0.138. The molecule has 3 aromatic rings. The highest BCUT2D eigenvalue weighted by Gasteiger charge is 2.42. The number of aromatic nitrogens is 1. The molecule has 2 aromatic carbocycles. The molecule has 0 spiro atoms. The Morgan fingerprint density at radius 2 is 1.83 bits per heavy atom. The van der Waals surface area contributed by atoms with E-state index < -0.39 is 51.9 Å². The zero-order valence-corrected chi connectivity index (χ0v) is 27.1. The van der Waals surface area contributed by atoms with Crippen molar-refractivity contribution in [3.05, 3.63) is 99.4 Å². The molecule has 0 bridgehead atoms. The highest BCUT2D eigenvalue weighted by molar-refractivity contribution is 7.89. The summed E-state index contributed by atoms with van der Waals surface area (Å²) in [5.74, 6) is -2.11. The molecule has 1 aromatic heterocycles. The summed E-state index contributed by atoms with van der Waals surface area (Å²) in [7, 11) is -4.03. The minimum atomic E-state index is -4.03. The Kier molecular flexibility index (Phi) is 11.2. The number of nitrogens with one attached hydrogen (secondary N) is 1. The van der Waals surface area contributed by atoms with Gasteiger partial charge >= 0.3 is 6.09 Å². The topological polar surface area (TPSA) is 169 Å². The zero-order chi connectivity index (χ0) is 33.6. The third-order valence-corrected chi connectivity index (χ3v) is 10.4. The number of nitrogens with zero attached hydrogens (tertiary/aromatic N) is 6. The number of azide groups is 1. The van der Waals surface area contributed by atoms with Gasteiger partial charge in [0.15, 0.2) is 0 Å². The van der Waals surface area contributed by atoms with E-state index >= 15 is 4.39 Å². The van der Waals surface area contributed by atoms with E-state index in [1.165, 1.54) is 22.6 Å². The number of carbonyl (C=O) groups is 2. The molecule has 0 radical (unpaired) electrons. The van der Waals surface area contributed by atoms with Crippen molar-refractivity contribution in [2.24, 2.45) is 11.0 Å². The lowest BCUT2D eigenvalue weighted by Crippen LogP contribution is -2.60. The molecule has 2 amide bonds. The van der Waals surface area contributed by atoms with Crippen molar-refractivity contribution in [3.8, 4) is 0 Å². The first kappa shape index (κ1) is 34.6. The van der Waals surface area contributed by atoms with Crippen molar-refractivity contribution in [2.75, 3.05) is 18.4 Å². The van der Waals surface area contributed by atoms with Gasteiger partial charge in [-0.05, 0) is 61.0 Å². The monoisotopic (exact) mass is 671 g/mol. The molecule has 1 aliphatic heterocycles. The fourth-order valence-corrected chi connectivity index (χ4v) is 7.97. The van der Waals surface area contributed by atoms with Gasteiger partial charge in [0.05, 0.1) is 23.0 Å². The van der Waals surface area contributed by atoms with E-state index in [4.69, 9.17) is 11.6 Å². The number of halogens is 2. The van der Waals surface area contributed by atoms with Crippen LogP contribution in [0.2, 0.25) is 5.02 Å². The minimum Gasteiger partial charge on any atom is -0.465 e. The molecular formula is C31H35ClFN7O5S. The maximum absolute atomic E-state index is 15.3. The largest absolute Gasteiger partial charge is 0.465 e. The van der Waals surface area contributed by atoms with Gasteiger partial charge in [-0.15, -0.1) is 0 Å². The number of piperazine rings is 1. The lowest BCUT2D eigenvalue weighted by molar-refractivity contribution is -0.118. The fraction of sp³-hybridized carbons (Fsp3) is 0.387. The SMILES string of the molecule is CC(C)[C@H](c1ccc(Cl)cc1)[C@H](N=[N+]=[N-])C(=O)Nc1cncc(F)c1CCC1CN(C(=O)O)CC(C)N1S(=O)(=O)c1ccccc1. The summed E-state index contributed by atoms with van der Waals surface area (Å²) in [6.07, 6.45) is 1.02.